The van der Waals surface area contributed by atoms with Crippen LogP contribution in [-0.4, -0.2) is 12.1 Å². The molecule has 1 aromatic rings. The fraction of sp³-hybridized carbons (Fsp3) is 0.167. The first-order valence-electron chi connectivity index (χ1n) is 2.40. The summed E-state index contributed by atoms with van der Waals surface area (Å²) in [7, 11) is 1.54. The van der Waals surface area contributed by atoms with Crippen molar-refractivity contribution in [3.05, 3.63) is 23.5 Å². The molecule has 47 valence electrons. The molecule has 1 aromatic heterocycles. The number of methoxy groups -OCH3 is 1. The van der Waals surface area contributed by atoms with Gasteiger partial charge in [0.2, 0.25) is 0 Å². The molecular formula is C6H5ClNO. The van der Waals surface area contributed by atoms with E-state index in [2.05, 4.69) is 11.1 Å². The SMILES string of the molecule is COc1[c]cncc1Cl. The van der Waals surface area contributed by atoms with E-state index in [9.17, 15) is 0 Å². The standard InChI is InChI=1S/C6H5ClNO/c1-9-6-2-3-8-4-5(6)7/h3-4H,1H3. The Morgan fingerprint density at radius 1 is 1.78 bits per heavy atom. The first-order valence-corrected chi connectivity index (χ1v) is 2.77. The van der Waals surface area contributed by atoms with Crippen LogP contribution in [0.4, 0.5) is 0 Å². The lowest BCUT2D eigenvalue weighted by molar-refractivity contribution is 0.413. The van der Waals surface area contributed by atoms with E-state index in [1.807, 2.05) is 0 Å². The molecule has 0 aliphatic carbocycles. The normalized spacial score (nSPS) is 9.11. The monoisotopic (exact) mass is 142 g/mol. The van der Waals surface area contributed by atoms with Crippen molar-refractivity contribution in [1.82, 2.24) is 4.98 Å². The third kappa shape index (κ3) is 1.33. The van der Waals surface area contributed by atoms with Gasteiger partial charge in [0, 0.05) is 18.5 Å². The maximum atomic E-state index is 5.61. The molecule has 0 amide bonds. The molecule has 9 heavy (non-hydrogen) atoms. The fourth-order valence-corrected chi connectivity index (χ4v) is 0.671. The zero-order chi connectivity index (χ0) is 6.69. The quantitative estimate of drug-likeness (QED) is 0.594. The molecule has 0 saturated heterocycles. The Bertz CT molecular complexity index is 202. The van der Waals surface area contributed by atoms with Crippen molar-refractivity contribution < 1.29 is 4.74 Å². The average Bonchev–Trinajstić information content (AvgIpc) is 1.89. The van der Waals surface area contributed by atoms with Crippen molar-refractivity contribution in [2.75, 3.05) is 7.11 Å². The molecule has 0 unspecified atom stereocenters. The second-order valence-corrected chi connectivity index (χ2v) is 1.84. The second-order valence-electron chi connectivity index (χ2n) is 1.43. The van der Waals surface area contributed by atoms with Crippen molar-refractivity contribution in [3.63, 3.8) is 0 Å². The van der Waals surface area contributed by atoms with Crippen LogP contribution in [0.2, 0.25) is 5.02 Å². The van der Waals surface area contributed by atoms with E-state index in [4.69, 9.17) is 16.3 Å². The third-order valence-corrected chi connectivity index (χ3v) is 1.15. The predicted molar refractivity (Wildman–Crippen MR) is 34.6 cm³/mol. The topological polar surface area (TPSA) is 22.1 Å². The lowest BCUT2D eigenvalue weighted by Gasteiger charge is -1.97. The number of nitrogens with zero attached hydrogens (tertiary/aromatic N) is 1. The molecule has 1 heterocycles. The summed E-state index contributed by atoms with van der Waals surface area (Å²) in [5, 5.41) is 0.486. The first-order chi connectivity index (χ1) is 4.34. The van der Waals surface area contributed by atoms with Crippen LogP contribution < -0.4 is 4.74 Å². The summed E-state index contributed by atoms with van der Waals surface area (Å²) >= 11 is 5.61. The Kier molecular flexibility index (Phi) is 1.90. The van der Waals surface area contributed by atoms with Gasteiger partial charge in [-0.15, -0.1) is 0 Å². The molecule has 0 atom stereocenters. The van der Waals surface area contributed by atoms with E-state index in [1.54, 1.807) is 0 Å². The fourth-order valence-electron chi connectivity index (χ4n) is 0.483. The highest BCUT2D eigenvalue weighted by molar-refractivity contribution is 6.31. The van der Waals surface area contributed by atoms with Gasteiger partial charge in [-0.1, -0.05) is 11.6 Å². The minimum atomic E-state index is 0.486. The van der Waals surface area contributed by atoms with E-state index in [-0.39, 0.29) is 0 Å². The molecular weight excluding hydrogens is 138 g/mol. The number of halogens is 1. The van der Waals surface area contributed by atoms with Crippen LogP contribution >= 0.6 is 11.6 Å². The van der Waals surface area contributed by atoms with Gasteiger partial charge in [-0.05, 0) is 0 Å². The van der Waals surface area contributed by atoms with Crippen molar-refractivity contribution >= 4 is 11.6 Å². The van der Waals surface area contributed by atoms with Gasteiger partial charge in [-0.3, -0.25) is 4.98 Å². The summed E-state index contributed by atoms with van der Waals surface area (Å²) in [6, 6.07) is 2.72. The zero-order valence-corrected chi connectivity index (χ0v) is 5.64. The van der Waals surface area contributed by atoms with Gasteiger partial charge in [0.15, 0.2) is 0 Å². The highest BCUT2D eigenvalue weighted by Gasteiger charge is 1.95. The van der Waals surface area contributed by atoms with Crippen LogP contribution in [0.15, 0.2) is 12.4 Å². The number of hydrogen-bond acceptors (Lipinski definition) is 2. The molecule has 0 spiro atoms. The molecule has 0 aliphatic heterocycles. The second kappa shape index (κ2) is 2.69. The first kappa shape index (κ1) is 6.36. The molecule has 1 radical (unpaired) electrons. The van der Waals surface area contributed by atoms with Gasteiger partial charge in [0.1, 0.15) is 10.8 Å². The predicted octanol–water partition coefficient (Wildman–Crippen LogP) is 1.54. The van der Waals surface area contributed by atoms with Crippen LogP contribution in [-0.2, 0) is 0 Å². The summed E-state index contributed by atoms with van der Waals surface area (Å²) < 4.78 is 4.82. The van der Waals surface area contributed by atoms with Gasteiger partial charge in [-0.2, -0.15) is 0 Å². The Morgan fingerprint density at radius 3 is 3.00 bits per heavy atom. The molecule has 3 heteroatoms. The van der Waals surface area contributed by atoms with E-state index >= 15 is 0 Å². The molecule has 0 N–H and O–H groups in total. The van der Waals surface area contributed by atoms with Crippen molar-refractivity contribution in [2.45, 2.75) is 0 Å². The Labute approximate surface area is 58.4 Å². The molecule has 1 rings (SSSR count). The summed E-state index contributed by atoms with van der Waals surface area (Å²) in [5.41, 5.74) is 0. The van der Waals surface area contributed by atoms with Crippen molar-refractivity contribution in [1.29, 1.82) is 0 Å². The Balaban J connectivity index is 3.01. The highest BCUT2D eigenvalue weighted by Crippen LogP contribution is 2.19. The third-order valence-electron chi connectivity index (χ3n) is 0.879. The number of hydrogen-bond donors (Lipinski definition) is 0. The van der Waals surface area contributed by atoms with Crippen molar-refractivity contribution in [3.8, 4) is 5.75 Å². The van der Waals surface area contributed by atoms with E-state index < -0.39 is 0 Å². The van der Waals surface area contributed by atoms with Crippen molar-refractivity contribution in [2.24, 2.45) is 0 Å². The molecule has 0 aliphatic rings. The Morgan fingerprint density at radius 2 is 2.56 bits per heavy atom. The van der Waals surface area contributed by atoms with Gasteiger partial charge in [0.25, 0.3) is 0 Å². The minimum Gasteiger partial charge on any atom is -0.494 e. The molecule has 0 fully saturated rings. The molecule has 0 saturated carbocycles. The largest absolute Gasteiger partial charge is 0.494 e. The van der Waals surface area contributed by atoms with Gasteiger partial charge in [0.05, 0.1) is 7.11 Å². The summed E-state index contributed by atoms with van der Waals surface area (Å²) in [6.07, 6.45) is 3.02. The summed E-state index contributed by atoms with van der Waals surface area (Å²) in [4.78, 5) is 3.73. The van der Waals surface area contributed by atoms with Crippen LogP contribution in [0.25, 0.3) is 0 Å². The average molecular weight is 143 g/mol. The smallest absolute Gasteiger partial charge is 0.148 e. The lowest BCUT2D eigenvalue weighted by atomic mass is 10.4. The maximum absolute atomic E-state index is 5.61. The highest BCUT2D eigenvalue weighted by atomic mass is 35.5. The minimum absolute atomic E-state index is 0.486. The van der Waals surface area contributed by atoms with Gasteiger partial charge >= 0.3 is 0 Å². The molecule has 0 bridgehead atoms. The zero-order valence-electron chi connectivity index (χ0n) is 4.89. The maximum Gasteiger partial charge on any atom is 0.148 e. The molecule has 0 aromatic carbocycles. The van der Waals surface area contributed by atoms with Crippen LogP contribution in [0.3, 0.4) is 0 Å². The number of ether oxygens (including phenoxy) is 1. The van der Waals surface area contributed by atoms with Crippen LogP contribution in [0.5, 0.6) is 5.75 Å². The van der Waals surface area contributed by atoms with E-state index in [0.717, 1.165) is 0 Å². The summed E-state index contributed by atoms with van der Waals surface area (Å²) in [5.74, 6) is 0.534. The summed E-state index contributed by atoms with van der Waals surface area (Å²) in [6.45, 7) is 0. The Hall–Kier alpha value is -0.760. The van der Waals surface area contributed by atoms with E-state index in [0.29, 0.717) is 10.8 Å². The number of pyridine rings is 1. The lowest BCUT2D eigenvalue weighted by Crippen LogP contribution is -1.83. The van der Waals surface area contributed by atoms with Gasteiger partial charge in [-0.25, -0.2) is 0 Å². The van der Waals surface area contributed by atoms with Gasteiger partial charge < -0.3 is 4.74 Å². The van der Waals surface area contributed by atoms with Crippen LogP contribution in [0.1, 0.15) is 0 Å². The van der Waals surface area contributed by atoms with E-state index in [1.165, 1.54) is 19.5 Å². The number of aromatic nitrogens is 1. The number of rotatable bonds is 1. The van der Waals surface area contributed by atoms with Crippen LogP contribution in [0, 0.1) is 6.07 Å². The molecule has 2 nitrogen and oxygen atoms in total.